The largest absolute Gasteiger partial charge is 0.348 e. The summed E-state index contributed by atoms with van der Waals surface area (Å²) < 4.78 is 0.936. The molecule has 20 heavy (non-hydrogen) atoms. The van der Waals surface area contributed by atoms with Crippen molar-refractivity contribution >= 4 is 56.0 Å². The minimum absolute atomic E-state index is 0.118. The van der Waals surface area contributed by atoms with E-state index in [4.69, 9.17) is 11.6 Å². The maximum atomic E-state index is 12.1. The second-order valence-corrected chi connectivity index (χ2v) is 6.40. The van der Waals surface area contributed by atoms with Crippen LogP contribution >= 0.6 is 50.1 Å². The molecule has 0 spiro atoms. The van der Waals surface area contributed by atoms with Crippen molar-refractivity contribution in [1.29, 1.82) is 0 Å². The number of nitrogens with one attached hydrogen (secondary N) is 1. The monoisotopic (exact) mass is 463 g/mol. The SMILES string of the molecule is O=C(NCc1cccc(CBr)c1)c1ccc(I)c(Cl)c1. The third kappa shape index (κ3) is 4.20. The molecule has 0 aliphatic rings. The Morgan fingerprint density at radius 2 is 1.95 bits per heavy atom. The minimum Gasteiger partial charge on any atom is -0.348 e. The van der Waals surface area contributed by atoms with Gasteiger partial charge in [-0.25, -0.2) is 0 Å². The predicted molar refractivity (Wildman–Crippen MR) is 94.4 cm³/mol. The van der Waals surface area contributed by atoms with E-state index in [9.17, 15) is 4.79 Å². The van der Waals surface area contributed by atoms with Crippen LogP contribution in [0.2, 0.25) is 5.02 Å². The van der Waals surface area contributed by atoms with Crippen LogP contribution in [0.5, 0.6) is 0 Å². The molecule has 2 aromatic rings. The summed E-state index contributed by atoms with van der Waals surface area (Å²) in [6.45, 7) is 0.503. The summed E-state index contributed by atoms with van der Waals surface area (Å²) in [6, 6.07) is 13.4. The third-order valence-electron chi connectivity index (χ3n) is 2.78. The third-order valence-corrected chi connectivity index (χ3v) is 5.00. The smallest absolute Gasteiger partial charge is 0.251 e. The van der Waals surface area contributed by atoms with Gasteiger partial charge >= 0.3 is 0 Å². The van der Waals surface area contributed by atoms with Gasteiger partial charge in [-0.1, -0.05) is 51.8 Å². The second kappa shape index (κ2) is 7.43. The van der Waals surface area contributed by atoms with E-state index in [-0.39, 0.29) is 5.91 Å². The normalized spacial score (nSPS) is 10.3. The van der Waals surface area contributed by atoms with Crippen LogP contribution in [0.1, 0.15) is 21.5 Å². The standard InChI is InChI=1S/C15H12BrClINO/c16-8-10-2-1-3-11(6-10)9-19-15(20)12-4-5-14(18)13(17)7-12/h1-7H,8-9H2,(H,19,20). The van der Waals surface area contributed by atoms with E-state index in [2.05, 4.69) is 49.9 Å². The quantitative estimate of drug-likeness (QED) is 0.513. The zero-order chi connectivity index (χ0) is 14.5. The Bertz CT molecular complexity index is 633. The lowest BCUT2D eigenvalue weighted by molar-refractivity contribution is 0.0951. The molecular weight excluding hydrogens is 452 g/mol. The highest BCUT2D eigenvalue weighted by molar-refractivity contribution is 14.1. The van der Waals surface area contributed by atoms with Gasteiger partial charge in [0.25, 0.3) is 5.91 Å². The molecule has 0 saturated heterocycles. The van der Waals surface area contributed by atoms with Crippen LogP contribution in [0.15, 0.2) is 42.5 Å². The van der Waals surface area contributed by atoms with E-state index in [1.807, 2.05) is 24.3 Å². The van der Waals surface area contributed by atoms with Crippen LogP contribution < -0.4 is 5.32 Å². The highest BCUT2D eigenvalue weighted by Gasteiger charge is 2.07. The Balaban J connectivity index is 2.02. The minimum atomic E-state index is -0.118. The van der Waals surface area contributed by atoms with Crippen molar-refractivity contribution in [1.82, 2.24) is 5.32 Å². The van der Waals surface area contributed by atoms with E-state index >= 15 is 0 Å². The van der Waals surface area contributed by atoms with Gasteiger partial charge in [-0.2, -0.15) is 0 Å². The lowest BCUT2D eigenvalue weighted by atomic mass is 10.1. The van der Waals surface area contributed by atoms with E-state index in [0.717, 1.165) is 14.5 Å². The maximum absolute atomic E-state index is 12.1. The molecule has 1 amide bonds. The molecule has 0 heterocycles. The van der Waals surface area contributed by atoms with Crippen molar-refractivity contribution in [3.05, 3.63) is 67.7 Å². The predicted octanol–water partition coefficient (Wildman–Crippen LogP) is 4.77. The van der Waals surface area contributed by atoms with Crippen molar-refractivity contribution in [2.24, 2.45) is 0 Å². The fourth-order valence-corrected chi connectivity index (χ4v) is 2.61. The van der Waals surface area contributed by atoms with Crippen LogP contribution in [-0.4, -0.2) is 5.91 Å². The summed E-state index contributed by atoms with van der Waals surface area (Å²) >= 11 is 11.6. The van der Waals surface area contributed by atoms with E-state index in [1.165, 1.54) is 5.56 Å². The maximum Gasteiger partial charge on any atom is 0.251 e. The number of hydrogen-bond donors (Lipinski definition) is 1. The first-order chi connectivity index (χ1) is 9.60. The fourth-order valence-electron chi connectivity index (χ4n) is 1.74. The van der Waals surface area contributed by atoms with Crippen LogP contribution in [0.25, 0.3) is 0 Å². The molecule has 2 nitrogen and oxygen atoms in total. The Kier molecular flexibility index (Phi) is 5.86. The van der Waals surface area contributed by atoms with Gasteiger partial charge in [0.05, 0.1) is 5.02 Å². The van der Waals surface area contributed by atoms with Gasteiger partial charge in [0, 0.05) is 21.0 Å². The fraction of sp³-hybridized carbons (Fsp3) is 0.133. The van der Waals surface area contributed by atoms with Crippen molar-refractivity contribution in [3.63, 3.8) is 0 Å². The summed E-state index contributed by atoms with van der Waals surface area (Å²) in [7, 11) is 0. The number of carbonyl (C=O) groups is 1. The zero-order valence-corrected chi connectivity index (χ0v) is 15.0. The molecule has 0 saturated carbocycles. The number of rotatable bonds is 4. The van der Waals surface area contributed by atoms with E-state index < -0.39 is 0 Å². The molecule has 2 rings (SSSR count). The molecule has 0 radical (unpaired) electrons. The lowest BCUT2D eigenvalue weighted by Gasteiger charge is -2.07. The molecular formula is C15H12BrClINO. The van der Waals surface area contributed by atoms with Crippen LogP contribution in [0.3, 0.4) is 0 Å². The molecule has 5 heteroatoms. The molecule has 0 atom stereocenters. The van der Waals surface area contributed by atoms with Gasteiger partial charge in [-0.15, -0.1) is 0 Å². The van der Waals surface area contributed by atoms with Crippen molar-refractivity contribution in [2.75, 3.05) is 0 Å². The summed E-state index contributed by atoms with van der Waals surface area (Å²) in [5, 5.41) is 4.30. The molecule has 0 aliphatic carbocycles. The highest BCUT2D eigenvalue weighted by Crippen LogP contribution is 2.19. The molecule has 0 aliphatic heterocycles. The topological polar surface area (TPSA) is 29.1 Å². The molecule has 0 bridgehead atoms. The van der Waals surface area contributed by atoms with E-state index in [0.29, 0.717) is 17.1 Å². The van der Waals surface area contributed by atoms with Gasteiger partial charge in [0.15, 0.2) is 0 Å². The number of alkyl halides is 1. The first-order valence-corrected chi connectivity index (χ1v) is 8.55. The number of hydrogen-bond acceptors (Lipinski definition) is 1. The summed E-state index contributed by atoms with van der Waals surface area (Å²) in [5.41, 5.74) is 2.84. The molecule has 0 unspecified atom stereocenters. The molecule has 1 N–H and O–H groups in total. The van der Waals surface area contributed by atoms with Crippen molar-refractivity contribution in [3.8, 4) is 0 Å². The van der Waals surface area contributed by atoms with Gasteiger partial charge in [0.1, 0.15) is 0 Å². The number of halogens is 3. The van der Waals surface area contributed by atoms with Crippen LogP contribution in [-0.2, 0) is 11.9 Å². The second-order valence-electron chi connectivity index (χ2n) is 4.27. The van der Waals surface area contributed by atoms with Crippen molar-refractivity contribution in [2.45, 2.75) is 11.9 Å². The number of benzene rings is 2. The summed E-state index contributed by atoms with van der Waals surface area (Å²) in [4.78, 5) is 12.1. The first kappa shape index (κ1) is 15.8. The summed E-state index contributed by atoms with van der Waals surface area (Å²) in [6.07, 6.45) is 0. The first-order valence-electron chi connectivity index (χ1n) is 5.97. The van der Waals surface area contributed by atoms with E-state index in [1.54, 1.807) is 12.1 Å². The Morgan fingerprint density at radius 1 is 1.20 bits per heavy atom. The Hall–Kier alpha value is -0.590. The average molecular weight is 465 g/mol. The van der Waals surface area contributed by atoms with Gasteiger partial charge in [-0.05, 0) is 51.9 Å². The lowest BCUT2D eigenvalue weighted by Crippen LogP contribution is -2.22. The van der Waals surface area contributed by atoms with Crippen LogP contribution in [0.4, 0.5) is 0 Å². The Labute approximate surface area is 145 Å². The molecule has 0 aromatic heterocycles. The highest BCUT2D eigenvalue weighted by atomic mass is 127. The molecule has 2 aromatic carbocycles. The van der Waals surface area contributed by atoms with Crippen molar-refractivity contribution < 1.29 is 4.79 Å². The van der Waals surface area contributed by atoms with Crippen LogP contribution in [0, 0.1) is 3.57 Å². The van der Waals surface area contributed by atoms with Gasteiger partial charge in [0.2, 0.25) is 0 Å². The summed E-state index contributed by atoms with van der Waals surface area (Å²) in [5.74, 6) is -0.118. The molecule has 104 valence electrons. The number of amides is 1. The zero-order valence-electron chi connectivity index (χ0n) is 10.5. The van der Waals surface area contributed by atoms with Gasteiger partial charge in [-0.3, -0.25) is 4.79 Å². The number of carbonyl (C=O) groups excluding carboxylic acids is 1. The Morgan fingerprint density at radius 3 is 2.65 bits per heavy atom. The van der Waals surface area contributed by atoms with Gasteiger partial charge < -0.3 is 5.32 Å². The molecule has 0 fully saturated rings. The average Bonchev–Trinajstić information content (AvgIpc) is 2.47.